The van der Waals surface area contributed by atoms with Crippen LogP contribution in [0.4, 0.5) is 18.9 Å². The van der Waals surface area contributed by atoms with Gasteiger partial charge in [-0.2, -0.15) is 17.9 Å². The van der Waals surface area contributed by atoms with Gasteiger partial charge in [-0.05, 0) is 47.7 Å². The number of quaternary nitrogens is 1. The molecule has 2 aromatic carbocycles. The third kappa shape index (κ3) is 4.51. The number of hydrogen-bond acceptors (Lipinski definition) is 4. The second-order valence-corrected chi connectivity index (χ2v) is 7.31. The maximum Gasteiger partial charge on any atom is 0.416 e. The fraction of sp³-hybridized carbons (Fsp3) is 0.286. The lowest BCUT2D eigenvalue weighted by molar-refractivity contribution is -0.846. The van der Waals surface area contributed by atoms with Crippen LogP contribution in [0, 0.1) is 6.92 Å². The SMILES string of the molecule is Cc1ccc(-n2nnnc2/C=C/[NH+]2CCN(c3cccc(C(F)(F)F)c3)CC2)cc1. The van der Waals surface area contributed by atoms with Crippen molar-refractivity contribution in [1.29, 1.82) is 0 Å². The zero-order valence-electron chi connectivity index (χ0n) is 16.5. The number of piperazine rings is 1. The van der Waals surface area contributed by atoms with Gasteiger partial charge in [-0.25, -0.2) is 0 Å². The number of benzene rings is 2. The van der Waals surface area contributed by atoms with E-state index in [0.29, 0.717) is 24.6 Å². The number of nitrogens with zero attached hydrogens (tertiary/aromatic N) is 5. The molecule has 0 bridgehead atoms. The Kier molecular flexibility index (Phi) is 5.54. The Bertz CT molecular complexity index is 1020. The summed E-state index contributed by atoms with van der Waals surface area (Å²) in [6.45, 7) is 4.91. The van der Waals surface area contributed by atoms with Crippen molar-refractivity contribution in [2.45, 2.75) is 13.1 Å². The van der Waals surface area contributed by atoms with Crippen molar-refractivity contribution in [2.24, 2.45) is 0 Å². The molecule has 156 valence electrons. The molecular formula is C21H22F3N6+. The zero-order chi connectivity index (χ0) is 21.1. The standard InChI is InChI=1S/C21H21F3N6/c1-16-5-7-18(8-6-16)30-20(25-26-27-30)9-10-28-11-13-29(14-12-28)19-4-2-3-17(15-19)21(22,23)24/h2-10,15H,11-14H2,1H3/p+1/b10-9+. The normalized spacial score (nSPS) is 15.8. The Morgan fingerprint density at radius 1 is 1.00 bits per heavy atom. The molecule has 1 N–H and O–H groups in total. The van der Waals surface area contributed by atoms with Gasteiger partial charge in [0.2, 0.25) is 0 Å². The van der Waals surface area contributed by atoms with Gasteiger partial charge in [-0.3, -0.25) is 0 Å². The number of aromatic nitrogens is 4. The van der Waals surface area contributed by atoms with Crippen LogP contribution >= 0.6 is 0 Å². The van der Waals surface area contributed by atoms with Crippen molar-refractivity contribution < 1.29 is 18.1 Å². The second kappa shape index (κ2) is 8.27. The first kappa shape index (κ1) is 20.1. The van der Waals surface area contributed by atoms with E-state index < -0.39 is 11.7 Å². The predicted molar refractivity (Wildman–Crippen MR) is 107 cm³/mol. The number of alkyl halides is 3. The van der Waals surface area contributed by atoms with E-state index in [1.54, 1.807) is 10.7 Å². The molecule has 0 atom stereocenters. The maximum atomic E-state index is 13.0. The monoisotopic (exact) mass is 415 g/mol. The number of halogens is 3. The third-order valence-electron chi connectivity index (χ3n) is 5.18. The van der Waals surface area contributed by atoms with Gasteiger partial charge in [0, 0.05) is 11.8 Å². The minimum atomic E-state index is -4.33. The predicted octanol–water partition coefficient (Wildman–Crippen LogP) is 2.37. The molecule has 3 aromatic rings. The number of tetrazole rings is 1. The van der Waals surface area contributed by atoms with Gasteiger partial charge >= 0.3 is 6.18 Å². The Morgan fingerprint density at radius 2 is 1.73 bits per heavy atom. The zero-order valence-corrected chi connectivity index (χ0v) is 16.5. The lowest BCUT2D eigenvalue weighted by Crippen LogP contribution is -3.10. The van der Waals surface area contributed by atoms with Crippen LogP contribution in [0.3, 0.4) is 0 Å². The van der Waals surface area contributed by atoms with Crippen LogP contribution in [0.1, 0.15) is 17.0 Å². The average molecular weight is 415 g/mol. The van der Waals surface area contributed by atoms with Crippen LogP contribution in [-0.4, -0.2) is 46.4 Å². The number of anilines is 1. The first-order valence-electron chi connectivity index (χ1n) is 9.70. The Labute approximate surface area is 172 Å². The Morgan fingerprint density at radius 3 is 2.43 bits per heavy atom. The minimum absolute atomic E-state index is 0.608. The van der Waals surface area contributed by atoms with Crippen LogP contribution in [0.15, 0.2) is 54.7 Å². The molecule has 2 heterocycles. The minimum Gasteiger partial charge on any atom is -0.360 e. The summed E-state index contributed by atoms with van der Waals surface area (Å²) in [4.78, 5) is 3.21. The molecule has 30 heavy (non-hydrogen) atoms. The molecule has 1 aromatic heterocycles. The van der Waals surface area contributed by atoms with Crippen LogP contribution in [-0.2, 0) is 6.18 Å². The lowest BCUT2D eigenvalue weighted by atomic mass is 10.1. The highest BCUT2D eigenvalue weighted by atomic mass is 19.4. The topological polar surface area (TPSA) is 51.3 Å². The number of rotatable bonds is 4. The van der Waals surface area contributed by atoms with Gasteiger partial charge < -0.3 is 9.80 Å². The van der Waals surface area contributed by atoms with E-state index in [2.05, 4.69) is 15.5 Å². The Hall–Kier alpha value is -3.20. The first-order valence-corrected chi connectivity index (χ1v) is 9.70. The highest BCUT2D eigenvalue weighted by molar-refractivity contribution is 5.49. The maximum absolute atomic E-state index is 13.0. The van der Waals surface area contributed by atoms with E-state index in [9.17, 15) is 13.2 Å². The highest BCUT2D eigenvalue weighted by Gasteiger charge is 2.31. The summed E-state index contributed by atoms with van der Waals surface area (Å²) >= 11 is 0. The van der Waals surface area contributed by atoms with Crippen LogP contribution in [0.5, 0.6) is 0 Å². The van der Waals surface area contributed by atoms with E-state index >= 15 is 0 Å². The van der Waals surface area contributed by atoms with Crippen molar-refractivity contribution in [3.63, 3.8) is 0 Å². The van der Waals surface area contributed by atoms with Gasteiger partial charge in [-0.1, -0.05) is 23.8 Å². The molecule has 0 unspecified atom stereocenters. The van der Waals surface area contributed by atoms with Crippen LogP contribution in [0.2, 0.25) is 0 Å². The quantitative estimate of drug-likeness (QED) is 0.711. The first-order chi connectivity index (χ1) is 14.4. The van der Waals surface area contributed by atoms with Crippen molar-refractivity contribution in [2.75, 3.05) is 31.1 Å². The molecule has 1 aliphatic rings. The second-order valence-electron chi connectivity index (χ2n) is 7.31. The number of nitrogens with one attached hydrogen (secondary N) is 1. The van der Waals surface area contributed by atoms with Gasteiger partial charge in [0.25, 0.3) is 0 Å². The summed E-state index contributed by atoms with van der Waals surface area (Å²) in [6, 6.07) is 13.4. The molecule has 1 fully saturated rings. The molecule has 1 saturated heterocycles. The summed E-state index contributed by atoms with van der Waals surface area (Å²) in [6.07, 6.45) is -0.428. The van der Waals surface area contributed by atoms with Crippen molar-refractivity contribution in [3.8, 4) is 5.69 Å². The molecule has 0 saturated carbocycles. The van der Waals surface area contributed by atoms with E-state index in [4.69, 9.17) is 0 Å². The highest BCUT2D eigenvalue weighted by Crippen LogP contribution is 2.31. The fourth-order valence-corrected chi connectivity index (χ4v) is 3.46. The van der Waals surface area contributed by atoms with Crippen molar-refractivity contribution in [1.82, 2.24) is 20.2 Å². The van der Waals surface area contributed by atoms with Gasteiger partial charge in [-0.15, -0.1) is 5.10 Å². The summed E-state index contributed by atoms with van der Waals surface area (Å²) in [5.41, 5.74) is 2.04. The lowest BCUT2D eigenvalue weighted by Gasteiger charge is -2.32. The van der Waals surface area contributed by atoms with Crippen molar-refractivity contribution in [3.05, 3.63) is 71.7 Å². The largest absolute Gasteiger partial charge is 0.416 e. The molecule has 1 aliphatic heterocycles. The number of hydrogen-bond donors (Lipinski definition) is 1. The summed E-state index contributed by atoms with van der Waals surface area (Å²) in [5.74, 6) is 0.631. The van der Waals surface area contributed by atoms with Crippen LogP contribution < -0.4 is 9.80 Å². The Balaban J connectivity index is 1.40. The van der Waals surface area contributed by atoms with E-state index in [0.717, 1.165) is 30.4 Å². The smallest absolute Gasteiger partial charge is 0.360 e. The van der Waals surface area contributed by atoms with E-state index in [1.165, 1.54) is 17.0 Å². The molecule has 0 spiro atoms. The third-order valence-corrected chi connectivity index (χ3v) is 5.18. The van der Waals surface area contributed by atoms with Gasteiger partial charge in [0.15, 0.2) is 5.82 Å². The van der Waals surface area contributed by atoms with Crippen LogP contribution in [0.25, 0.3) is 11.8 Å². The summed E-state index contributed by atoms with van der Waals surface area (Å²) < 4.78 is 40.5. The van der Waals surface area contributed by atoms with Gasteiger partial charge in [0.1, 0.15) is 0 Å². The molecule has 0 radical (unpaired) electrons. The molecule has 6 nitrogen and oxygen atoms in total. The van der Waals surface area contributed by atoms with E-state index in [1.807, 2.05) is 48.4 Å². The molecular weight excluding hydrogens is 393 g/mol. The molecule has 0 amide bonds. The summed E-state index contributed by atoms with van der Waals surface area (Å²) in [7, 11) is 0. The van der Waals surface area contributed by atoms with E-state index in [-0.39, 0.29) is 0 Å². The van der Waals surface area contributed by atoms with Gasteiger partial charge in [0.05, 0.1) is 43.6 Å². The molecule has 0 aliphatic carbocycles. The average Bonchev–Trinajstić information content (AvgIpc) is 3.21. The fourth-order valence-electron chi connectivity index (χ4n) is 3.46. The summed E-state index contributed by atoms with van der Waals surface area (Å²) in [5, 5.41) is 11.9. The number of aryl methyl sites for hydroxylation is 1. The molecule has 9 heteroatoms. The van der Waals surface area contributed by atoms with Crippen molar-refractivity contribution >= 4 is 11.8 Å². The molecule has 4 rings (SSSR count).